The lowest BCUT2D eigenvalue weighted by Gasteiger charge is -2.12. The Hall–Kier alpha value is -1.72. The van der Waals surface area contributed by atoms with Crippen molar-refractivity contribution in [1.29, 1.82) is 0 Å². The molecule has 0 aliphatic heterocycles. The smallest absolute Gasteiger partial charge is 0.328 e. The van der Waals surface area contributed by atoms with E-state index in [0.29, 0.717) is 11.3 Å². The molecule has 1 N–H and O–H groups in total. The molecule has 0 radical (unpaired) electrons. The van der Waals surface area contributed by atoms with Gasteiger partial charge in [0.1, 0.15) is 11.5 Å². The summed E-state index contributed by atoms with van der Waals surface area (Å²) >= 11 is 4.99. The van der Waals surface area contributed by atoms with Crippen LogP contribution in [0, 0.1) is 0 Å². The maximum atomic E-state index is 10.7. The molecule has 0 saturated carbocycles. The topological polar surface area (TPSA) is 46.5 Å². The van der Waals surface area contributed by atoms with E-state index in [0.717, 1.165) is 21.2 Å². The lowest BCUT2D eigenvalue weighted by atomic mass is 10.2. The molecule has 0 aromatic heterocycles. The van der Waals surface area contributed by atoms with Gasteiger partial charge in [-0.1, -0.05) is 34.1 Å². The standard InChI is InChI=1S/C16H13BrO3S/c1-21-15-5-3-2-4-13(15)20-14-10-12(17)8-6-11(14)7-9-16(18)19/h2-10H,1H3,(H,18,19). The van der Waals surface area contributed by atoms with Gasteiger partial charge in [-0.15, -0.1) is 11.8 Å². The number of carbonyl (C=O) groups is 1. The van der Waals surface area contributed by atoms with Crippen LogP contribution in [0.4, 0.5) is 0 Å². The molecular formula is C16H13BrO3S. The minimum Gasteiger partial charge on any atom is -0.478 e. The molecule has 0 unspecified atom stereocenters. The maximum absolute atomic E-state index is 10.7. The quantitative estimate of drug-likeness (QED) is 0.594. The number of aliphatic carboxylic acids is 1. The van der Waals surface area contributed by atoms with Crippen molar-refractivity contribution in [3.05, 3.63) is 58.6 Å². The summed E-state index contributed by atoms with van der Waals surface area (Å²) in [7, 11) is 0. The molecule has 0 fully saturated rings. The van der Waals surface area contributed by atoms with Crippen LogP contribution in [0.15, 0.2) is 57.9 Å². The molecule has 0 aliphatic rings. The second kappa shape index (κ2) is 7.33. The van der Waals surface area contributed by atoms with E-state index in [-0.39, 0.29) is 0 Å². The summed E-state index contributed by atoms with van der Waals surface area (Å²) in [5.41, 5.74) is 0.705. The van der Waals surface area contributed by atoms with Crippen LogP contribution in [-0.2, 0) is 4.79 Å². The molecule has 5 heteroatoms. The molecule has 3 nitrogen and oxygen atoms in total. The molecule has 2 rings (SSSR count). The molecule has 0 saturated heterocycles. The van der Waals surface area contributed by atoms with Gasteiger partial charge in [-0.05, 0) is 36.6 Å². The normalized spacial score (nSPS) is 10.8. The van der Waals surface area contributed by atoms with Crippen molar-refractivity contribution < 1.29 is 14.6 Å². The Balaban J connectivity index is 2.38. The minimum atomic E-state index is -0.992. The molecule has 0 atom stereocenters. The van der Waals surface area contributed by atoms with Crippen LogP contribution in [-0.4, -0.2) is 17.3 Å². The van der Waals surface area contributed by atoms with Gasteiger partial charge in [0.2, 0.25) is 0 Å². The highest BCUT2D eigenvalue weighted by Crippen LogP contribution is 2.34. The van der Waals surface area contributed by atoms with E-state index in [9.17, 15) is 4.79 Å². The van der Waals surface area contributed by atoms with E-state index in [2.05, 4.69) is 15.9 Å². The zero-order chi connectivity index (χ0) is 15.2. The van der Waals surface area contributed by atoms with Gasteiger partial charge in [0, 0.05) is 21.0 Å². The number of benzene rings is 2. The number of hydrogen-bond acceptors (Lipinski definition) is 3. The number of ether oxygens (including phenoxy) is 1. The first-order valence-electron chi connectivity index (χ1n) is 6.11. The van der Waals surface area contributed by atoms with Crippen LogP contribution < -0.4 is 4.74 Å². The molecule has 108 valence electrons. The van der Waals surface area contributed by atoms with E-state index in [4.69, 9.17) is 9.84 Å². The Morgan fingerprint density at radius 2 is 2.00 bits per heavy atom. The van der Waals surface area contributed by atoms with E-state index < -0.39 is 5.97 Å². The maximum Gasteiger partial charge on any atom is 0.328 e. The van der Waals surface area contributed by atoms with Crippen molar-refractivity contribution in [1.82, 2.24) is 0 Å². The monoisotopic (exact) mass is 364 g/mol. The zero-order valence-electron chi connectivity index (χ0n) is 11.2. The highest BCUT2D eigenvalue weighted by atomic mass is 79.9. The highest BCUT2D eigenvalue weighted by molar-refractivity contribution is 9.10. The number of rotatable bonds is 5. The molecule has 21 heavy (non-hydrogen) atoms. The SMILES string of the molecule is CSc1ccccc1Oc1cc(Br)ccc1C=CC(=O)O. The zero-order valence-corrected chi connectivity index (χ0v) is 13.6. The second-order valence-corrected chi connectivity index (χ2v) is 5.87. The van der Waals surface area contributed by atoms with E-state index in [1.54, 1.807) is 17.8 Å². The number of para-hydroxylation sites is 1. The average Bonchev–Trinajstić information content (AvgIpc) is 2.47. The van der Waals surface area contributed by atoms with Crippen molar-refractivity contribution in [2.45, 2.75) is 4.90 Å². The van der Waals surface area contributed by atoms with Crippen molar-refractivity contribution in [3.8, 4) is 11.5 Å². The van der Waals surface area contributed by atoms with Crippen LogP contribution >= 0.6 is 27.7 Å². The molecule has 2 aromatic carbocycles. The Morgan fingerprint density at radius 3 is 2.71 bits per heavy atom. The first-order valence-corrected chi connectivity index (χ1v) is 8.13. The summed E-state index contributed by atoms with van der Waals surface area (Å²) in [5, 5.41) is 8.75. The number of thioether (sulfide) groups is 1. The van der Waals surface area contributed by atoms with E-state index in [1.165, 1.54) is 6.08 Å². The van der Waals surface area contributed by atoms with Crippen LogP contribution in [0.1, 0.15) is 5.56 Å². The van der Waals surface area contributed by atoms with Gasteiger partial charge in [0.15, 0.2) is 0 Å². The van der Waals surface area contributed by atoms with Crippen molar-refractivity contribution >= 4 is 39.7 Å². The first kappa shape index (κ1) is 15.7. The third-order valence-electron chi connectivity index (χ3n) is 2.67. The number of halogens is 1. The summed E-state index contributed by atoms with van der Waals surface area (Å²) in [4.78, 5) is 11.7. The number of carboxylic acid groups (broad SMARTS) is 1. The molecule has 0 heterocycles. The minimum absolute atomic E-state index is 0.600. The van der Waals surface area contributed by atoms with Gasteiger partial charge in [-0.3, -0.25) is 0 Å². The predicted octanol–water partition coefficient (Wildman–Crippen LogP) is 5.06. The Bertz CT molecular complexity index is 683. The molecule has 0 amide bonds. The largest absolute Gasteiger partial charge is 0.478 e. The van der Waals surface area contributed by atoms with Crippen molar-refractivity contribution in [2.24, 2.45) is 0 Å². The van der Waals surface area contributed by atoms with Crippen molar-refractivity contribution in [2.75, 3.05) is 6.26 Å². The summed E-state index contributed by atoms with van der Waals surface area (Å²) < 4.78 is 6.82. The van der Waals surface area contributed by atoms with Crippen LogP contribution in [0.2, 0.25) is 0 Å². The van der Waals surface area contributed by atoms with E-state index >= 15 is 0 Å². The lowest BCUT2D eigenvalue weighted by Crippen LogP contribution is -1.91. The van der Waals surface area contributed by atoms with Gasteiger partial charge in [-0.2, -0.15) is 0 Å². The average molecular weight is 365 g/mol. The van der Waals surface area contributed by atoms with Gasteiger partial charge in [0.25, 0.3) is 0 Å². The molecule has 0 bridgehead atoms. The second-order valence-electron chi connectivity index (χ2n) is 4.11. The third-order valence-corrected chi connectivity index (χ3v) is 3.94. The summed E-state index contributed by atoms with van der Waals surface area (Å²) in [6.07, 6.45) is 4.59. The Kier molecular flexibility index (Phi) is 5.47. The van der Waals surface area contributed by atoms with Gasteiger partial charge >= 0.3 is 5.97 Å². The Labute approximate surface area is 135 Å². The summed E-state index contributed by atoms with van der Waals surface area (Å²) in [6, 6.07) is 13.2. The Morgan fingerprint density at radius 1 is 1.24 bits per heavy atom. The highest BCUT2D eigenvalue weighted by Gasteiger charge is 2.07. The fourth-order valence-electron chi connectivity index (χ4n) is 1.72. The predicted molar refractivity (Wildman–Crippen MR) is 89.1 cm³/mol. The van der Waals surface area contributed by atoms with Gasteiger partial charge < -0.3 is 9.84 Å². The van der Waals surface area contributed by atoms with Crippen LogP contribution in [0.25, 0.3) is 6.08 Å². The number of hydrogen-bond donors (Lipinski definition) is 1. The van der Waals surface area contributed by atoms with Gasteiger partial charge in [0.05, 0.1) is 0 Å². The molecule has 0 spiro atoms. The first-order chi connectivity index (χ1) is 10.1. The van der Waals surface area contributed by atoms with Crippen LogP contribution in [0.5, 0.6) is 11.5 Å². The molecular weight excluding hydrogens is 352 g/mol. The third kappa shape index (κ3) is 4.37. The lowest BCUT2D eigenvalue weighted by molar-refractivity contribution is -0.131. The number of carboxylic acids is 1. The summed E-state index contributed by atoms with van der Waals surface area (Å²) in [5.74, 6) is 0.352. The van der Waals surface area contributed by atoms with Crippen LogP contribution in [0.3, 0.4) is 0 Å². The van der Waals surface area contributed by atoms with E-state index in [1.807, 2.05) is 42.7 Å². The van der Waals surface area contributed by atoms with Gasteiger partial charge in [-0.25, -0.2) is 4.79 Å². The van der Waals surface area contributed by atoms with Crippen molar-refractivity contribution in [3.63, 3.8) is 0 Å². The fourth-order valence-corrected chi connectivity index (χ4v) is 2.58. The molecule has 2 aromatic rings. The molecule has 0 aliphatic carbocycles. The fraction of sp³-hybridized carbons (Fsp3) is 0.0625. The summed E-state index contributed by atoms with van der Waals surface area (Å²) in [6.45, 7) is 0.